The number of halogens is 2. The molecule has 3 heteroatoms. The summed E-state index contributed by atoms with van der Waals surface area (Å²) in [5, 5.41) is 5.10. The van der Waals surface area contributed by atoms with Crippen molar-refractivity contribution in [3.8, 4) is 0 Å². The lowest BCUT2D eigenvalue weighted by atomic mass is 9.89. The maximum atomic E-state index is 6.37. The Morgan fingerprint density at radius 2 is 1.75 bits per heavy atom. The zero-order valence-corrected chi connectivity index (χ0v) is 14.4. The molecule has 0 fully saturated rings. The lowest BCUT2D eigenvalue weighted by molar-refractivity contribution is 0.357. The van der Waals surface area contributed by atoms with E-state index in [9.17, 15) is 0 Å². The van der Waals surface area contributed by atoms with Crippen LogP contribution in [0, 0.1) is 5.92 Å². The van der Waals surface area contributed by atoms with Crippen LogP contribution in [0.4, 0.5) is 0 Å². The maximum Gasteiger partial charge on any atom is 0.0468 e. The van der Waals surface area contributed by atoms with Gasteiger partial charge in [0.05, 0.1) is 0 Å². The van der Waals surface area contributed by atoms with Crippen molar-refractivity contribution in [2.45, 2.75) is 58.9 Å². The third-order valence-electron chi connectivity index (χ3n) is 3.91. The highest BCUT2D eigenvalue weighted by atomic mass is 35.5. The predicted octanol–water partition coefficient (Wildman–Crippen LogP) is 6.25. The van der Waals surface area contributed by atoms with Crippen LogP contribution < -0.4 is 5.32 Å². The zero-order valence-electron chi connectivity index (χ0n) is 12.9. The summed E-state index contributed by atoms with van der Waals surface area (Å²) in [7, 11) is 0. The molecule has 0 saturated heterocycles. The van der Waals surface area contributed by atoms with Crippen molar-refractivity contribution < 1.29 is 0 Å². The van der Waals surface area contributed by atoms with E-state index in [-0.39, 0.29) is 6.04 Å². The second-order valence-corrected chi connectivity index (χ2v) is 6.21. The van der Waals surface area contributed by atoms with Crippen LogP contribution in [0.5, 0.6) is 0 Å². The molecule has 0 amide bonds. The minimum absolute atomic E-state index is 0.253. The molecule has 0 radical (unpaired) electrons. The Balaban J connectivity index is 2.87. The average molecular weight is 316 g/mol. The van der Waals surface area contributed by atoms with Crippen LogP contribution in [0.25, 0.3) is 0 Å². The van der Waals surface area contributed by atoms with Gasteiger partial charge in [0.15, 0.2) is 0 Å². The third-order valence-corrected chi connectivity index (χ3v) is 4.57. The lowest BCUT2D eigenvalue weighted by Gasteiger charge is -2.25. The van der Waals surface area contributed by atoms with Crippen LogP contribution in [0.2, 0.25) is 10.0 Å². The first-order valence-electron chi connectivity index (χ1n) is 7.81. The Morgan fingerprint density at radius 1 is 1.10 bits per heavy atom. The number of unbranched alkanes of at least 4 members (excludes halogenated alkanes) is 1. The van der Waals surface area contributed by atoms with E-state index in [1.807, 2.05) is 18.2 Å². The Bertz CT molecular complexity index is 372. The van der Waals surface area contributed by atoms with Crippen molar-refractivity contribution in [2.75, 3.05) is 6.54 Å². The molecule has 1 aromatic rings. The van der Waals surface area contributed by atoms with E-state index in [4.69, 9.17) is 23.2 Å². The summed E-state index contributed by atoms with van der Waals surface area (Å²) in [6.07, 6.45) is 6.16. The summed E-state index contributed by atoms with van der Waals surface area (Å²) in [5.41, 5.74) is 1.06. The molecule has 0 heterocycles. The maximum absolute atomic E-state index is 6.37. The van der Waals surface area contributed by atoms with Gasteiger partial charge in [0.2, 0.25) is 0 Å². The molecule has 0 aliphatic rings. The van der Waals surface area contributed by atoms with Gasteiger partial charge in [-0.25, -0.2) is 0 Å². The normalized spacial score (nSPS) is 14.2. The van der Waals surface area contributed by atoms with Gasteiger partial charge < -0.3 is 5.32 Å². The highest BCUT2D eigenvalue weighted by Crippen LogP contribution is 2.35. The highest BCUT2D eigenvalue weighted by molar-refractivity contribution is 6.36. The summed E-state index contributed by atoms with van der Waals surface area (Å²) in [6.45, 7) is 7.58. The molecule has 1 rings (SSSR count). The largest absolute Gasteiger partial charge is 0.310 e. The van der Waals surface area contributed by atoms with E-state index < -0.39 is 0 Å². The first-order chi connectivity index (χ1) is 9.63. The number of nitrogens with one attached hydrogen (secondary N) is 1. The molecule has 0 spiro atoms. The summed E-state index contributed by atoms with van der Waals surface area (Å²) in [4.78, 5) is 0. The van der Waals surface area contributed by atoms with Crippen LogP contribution in [-0.2, 0) is 0 Å². The first-order valence-corrected chi connectivity index (χ1v) is 8.56. The molecule has 20 heavy (non-hydrogen) atoms. The first kappa shape index (κ1) is 17.8. The monoisotopic (exact) mass is 315 g/mol. The van der Waals surface area contributed by atoms with Crippen LogP contribution in [0.15, 0.2) is 18.2 Å². The molecule has 0 aliphatic heterocycles. The summed E-state index contributed by atoms with van der Waals surface area (Å²) < 4.78 is 0. The SMILES string of the molecule is CCCCC(CC)CC(NCC)c1c(Cl)cccc1Cl. The lowest BCUT2D eigenvalue weighted by Crippen LogP contribution is -2.24. The van der Waals surface area contributed by atoms with Gasteiger partial charge in [0, 0.05) is 21.7 Å². The van der Waals surface area contributed by atoms with E-state index in [1.165, 1.54) is 25.7 Å². The average Bonchev–Trinajstić information content (AvgIpc) is 2.43. The Morgan fingerprint density at radius 3 is 2.25 bits per heavy atom. The van der Waals surface area contributed by atoms with Gasteiger partial charge in [-0.15, -0.1) is 0 Å². The minimum atomic E-state index is 0.253. The number of hydrogen-bond acceptors (Lipinski definition) is 1. The molecule has 2 atom stereocenters. The van der Waals surface area contributed by atoms with Gasteiger partial charge in [-0.2, -0.15) is 0 Å². The van der Waals surface area contributed by atoms with E-state index in [0.717, 1.165) is 34.5 Å². The van der Waals surface area contributed by atoms with Gasteiger partial charge >= 0.3 is 0 Å². The third kappa shape index (κ3) is 5.27. The van der Waals surface area contributed by atoms with Crippen LogP contribution in [-0.4, -0.2) is 6.54 Å². The number of hydrogen-bond donors (Lipinski definition) is 1. The topological polar surface area (TPSA) is 12.0 Å². The van der Waals surface area contributed by atoms with Crippen LogP contribution >= 0.6 is 23.2 Å². The van der Waals surface area contributed by atoms with E-state index in [1.54, 1.807) is 0 Å². The smallest absolute Gasteiger partial charge is 0.0468 e. The van der Waals surface area contributed by atoms with Gasteiger partial charge in [-0.05, 0) is 31.0 Å². The molecule has 2 unspecified atom stereocenters. The van der Waals surface area contributed by atoms with Crippen molar-refractivity contribution in [2.24, 2.45) is 5.92 Å². The fourth-order valence-corrected chi connectivity index (χ4v) is 3.37. The Hall–Kier alpha value is -0.240. The molecule has 0 aromatic heterocycles. The molecular weight excluding hydrogens is 289 g/mol. The summed E-state index contributed by atoms with van der Waals surface area (Å²) in [6, 6.07) is 6.02. The fraction of sp³-hybridized carbons (Fsp3) is 0.647. The van der Waals surface area contributed by atoms with Gasteiger partial charge in [0.25, 0.3) is 0 Å². The second-order valence-electron chi connectivity index (χ2n) is 5.40. The van der Waals surface area contributed by atoms with Crippen molar-refractivity contribution in [1.82, 2.24) is 5.32 Å². The molecule has 1 nitrogen and oxygen atoms in total. The Labute approximate surface area is 134 Å². The second kappa shape index (κ2) is 9.65. The molecule has 1 aromatic carbocycles. The quantitative estimate of drug-likeness (QED) is 0.567. The number of benzene rings is 1. The van der Waals surface area contributed by atoms with Gasteiger partial charge in [-0.3, -0.25) is 0 Å². The van der Waals surface area contributed by atoms with Crippen LogP contribution in [0.3, 0.4) is 0 Å². The zero-order chi connectivity index (χ0) is 15.0. The van der Waals surface area contributed by atoms with Gasteiger partial charge in [0.1, 0.15) is 0 Å². The molecular formula is C17H27Cl2N. The highest BCUT2D eigenvalue weighted by Gasteiger charge is 2.20. The fourth-order valence-electron chi connectivity index (χ4n) is 2.71. The van der Waals surface area contributed by atoms with Crippen molar-refractivity contribution in [3.05, 3.63) is 33.8 Å². The molecule has 114 valence electrons. The molecule has 0 aliphatic carbocycles. The van der Waals surface area contributed by atoms with Crippen molar-refractivity contribution in [3.63, 3.8) is 0 Å². The van der Waals surface area contributed by atoms with Crippen molar-refractivity contribution >= 4 is 23.2 Å². The van der Waals surface area contributed by atoms with Crippen molar-refractivity contribution in [1.29, 1.82) is 0 Å². The van der Waals surface area contributed by atoms with E-state index >= 15 is 0 Å². The van der Waals surface area contributed by atoms with E-state index in [0.29, 0.717) is 0 Å². The Kier molecular flexibility index (Phi) is 8.60. The van der Waals surface area contributed by atoms with Crippen LogP contribution in [0.1, 0.15) is 64.5 Å². The van der Waals surface area contributed by atoms with Gasteiger partial charge in [-0.1, -0.05) is 75.7 Å². The summed E-state index contributed by atoms with van der Waals surface area (Å²) >= 11 is 12.7. The molecule has 0 saturated carbocycles. The summed E-state index contributed by atoms with van der Waals surface area (Å²) in [5.74, 6) is 0.728. The van der Waals surface area contributed by atoms with E-state index in [2.05, 4.69) is 26.1 Å². The predicted molar refractivity (Wildman–Crippen MR) is 90.8 cm³/mol. The molecule has 1 N–H and O–H groups in total. The minimum Gasteiger partial charge on any atom is -0.310 e. The standard InChI is InChI=1S/C17H27Cl2N/c1-4-7-9-13(5-2)12-16(20-6-3)17-14(18)10-8-11-15(17)19/h8,10-11,13,16,20H,4-7,9,12H2,1-3H3. The number of rotatable bonds is 9. The molecule has 0 bridgehead atoms.